The van der Waals surface area contributed by atoms with E-state index in [4.69, 9.17) is 25.5 Å². The quantitative estimate of drug-likeness (QED) is 0.404. The SMILES string of the molecule is CCOc1ccc2oc(C(=O)N/N=C/c3cc(OC)c(O)c(Cl)c3Br)cc2c1. The van der Waals surface area contributed by atoms with E-state index in [1.807, 2.05) is 6.92 Å². The van der Waals surface area contributed by atoms with Crippen LogP contribution in [-0.4, -0.2) is 30.9 Å². The van der Waals surface area contributed by atoms with E-state index < -0.39 is 5.91 Å². The number of carbonyl (C=O) groups excluding carboxylic acids is 1. The van der Waals surface area contributed by atoms with Gasteiger partial charge in [0.2, 0.25) is 0 Å². The molecule has 28 heavy (non-hydrogen) atoms. The standard InChI is InChI=1S/C19H16BrClN2O5/c1-3-27-12-4-5-13-10(6-12)7-15(28-13)19(25)23-22-9-11-8-14(26-2)18(24)17(21)16(11)20/h4-9,24H,3H2,1-2H3,(H,23,25)/b22-9+. The molecule has 1 amide bonds. The Morgan fingerprint density at radius 3 is 2.89 bits per heavy atom. The van der Waals surface area contributed by atoms with Gasteiger partial charge in [0.05, 0.1) is 19.9 Å². The maximum absolute atomic E-state index is 12.3. The predicted molar refractivity (Wildman–Crippen MR) is 110 cm³/mol. The van der Waals surface area contributed by atoms with Crippen LogP contribution >= 0.6 is 27.5 Å². The number of rotatable bonds is 6. The summed E-state index contributed by atoms with van der Waals surface area (Å²) in [5, 5.41) is 14.6. The second-order valence-electron chi connectivity index (χ2n) is 5.59. The minimum Gasteiger partial charge on any atom is -0.503 e. The number of phenols is 1. The highest BCUT2D eigenvalue weighted by molar-refractivity contribution is 9.10. The van der Waals surface area contributed by atoms with E-state index in [0.29, 0.717) is 28.0 Å². The minimum absolute atomic E-state index is 0.0783. The number of carbonyl (C=O) groups is 1. The molecule has 3 aromatic rings. The van der Waals surface area contributed by atoms with Crippen LogP contribution in [0.4, 0.5) is 0 Å². The molecule has 0 unspecified atom stereocenters. The monoisotopic (exact) mass is 466 g/mol. The highest BCUT2D eigenvalue weighted by Gasteiger charge is 2.15. The molecule has 2 aromatic carbocycles. The van der Waals surface area contributed by atoms with Crippen molar-refractivity contribution in [2.24, 2.45) is 5.10 Å². The molecule has 0 atom stereocenters. The number of methoxy groups -OCH3 is 1. The van der Waals surface area contributed by atoms with Crippen molar-refractivity contribution in [1.82, 2.24) is 5.43 Å². The number of amides is 1. The van der Waals surface area contributed by atoms with Crippen molar-refractivity contribution in [2.75, 3.05) is 13.7 Å². The van der Waals surface area contributed by atoms with Gasteiger partial charge in [-0.1, -0.05) is 11.6 Å². The molecule has 0 fully saturated rings. The average Bonchev–Trinajstić information content (AvgIpc) is 3.11. The van der Waals surface area contributed by atoms with Gasteiger partial charge in [0.15, 0.2) is 17.3 Å². The minimum atomic E-state index is -0.515. The largest absolute Gasteiger partial charge is 0.503 e. The number of hydrazone groups is 1. The van der Waals surface area contributed by atoms with Gasteiger partial charge in [-0.25, -0.2) is 5.43 Å². The summed E-state index contributed by atoms with van der Waals surface area (Å²) in [5.74, 6) is 0.289. The summed E-state index contributed by atoms with van der Waals surface area (Å²) >= 11 is 9.30. The van der Waals surface area contributed by atoms with Gasteiger partial charge in [0.1, 0.15) is 16.4 Å². The molecule has 0 saturated carbocycles. The number of phenolic OH excluding ortho intramolecular Hbond substituents is 1. The summed E-state index contributed by atoms with van der Waals surface area (Å²) in [6.45, 7) is 2.44. The van der Waals surface area contributed by atoms with Gasteiger partial charge >= 0.3 is 5.91 Å². The number of halogens is 2. The Labute approximate surface area is 174 Å². The molecule has 1 aromatic heterocycles. The lowest BCUT2D eigenvalue weighted by molar-refractivity contribution is 0.0929. The van der Waals surface area contributed by atoms with E-state index in [-0.39, 0.29) is 22.3 Å². The number of aromatic hydroxyl groups is 1. The number of fused-ring (bicyclic) bond motifs is 1. The predicted octanol–water partition coefficient (Wildman–Crippen LogP) is 4.73. The summed E-state index contributed by atoms with van der Waals surface area (Å²) in [5.41, 5.74) is 3.46. The first-order chi connectivity index (χ1) is 13.4. The van der Waals surface area contributed by atoms with Crippen LogP contribution in [0.15, 0.2) is 44.3 Å². The van der Waals surface area contributed by atoms with Crippen LogP contribution in [-0.2, 0) is 0 Å². The second kappa shape index (κ2) is 8.53. The van der Waals surface area contributed by atoms with E-state index >= 15 is 0 Å². The van der Waals surface area contributed by atoms with E-state index in [9.17, 15) is 9.90 Å². The molecule has 146 valence electrons. The highest BCUT2D eigenvalue weighted by Crippen LogP contribution is 2.40. The molecular formula is C19H16BrClN2O5. The van der Waals surface area contributed by atoms with Crippen molar-refractivity contribution in [3.05, 3.63) is 51.2 Å². The molecule has 9 heteroatoms. The normalized spacial score (nSPS) is 11.1. The van der Waals surface area contributed by atoms with Crippen LogP contribution in [0.25, 0.3) is 11.0 Å². The summed E-state index contributed by atoms with van der Waals surface area (Å²) in [4.78, 5) is 12.3. The molecule has 0 spiro atoms. The van der Waals surface area contributed by atoms with Gasteiger partial charge in [-0.05, 0) is 53.2 Å². The molecule has 0 aliphatic heterocycles. The zero-order chi connectivity index (χ0) is 20.3. The fourth-order valence-electron chi connectivity index (χ4n) is 2.47. The second-order valence-corrected chi connectivity index (χ2v) is 6.76. The smallest absolute Gasteiger partial charge is 0.307 e. The van der Waals surface area contributed by atoms with Crippen LogP contribution in [0.3, 0.4) is 0 Å². The maximum atomic E-state index is 12.3. The lowest BCUT2D eigenvalue weighted by Gasteiger charge is -2.08. The number of ether oxygens (including phenoxy) is 2. The Kier molecular flexibility index (Phi) is 6.11. The Balaban J connectivity index is 1.77. The number of nitrogens with one attached hydrogen (secondary N) is 1. The third kappa shape index (κ3) is 4.07. The third-order valence-corrected chi connectivity index (χ3v) is 5.24. The molecule has 1 heterocycles. The maximum Gasteiger partial charge on any atom is 0.307 e. The lowest BCUT2D eigenvalue weighted by Crippen LogP contribution is -2.16. The van der Waals surface area contributed by atoms with Crippen LogP contribution in [0, 0.1) is 0 Å². The number of nitrogens with zero attached hydrogens (tertiary/aromatic N) is 1. The van der Waals surface area contributed by atoms with Crippen molar-refractivity contribution in [3.63, 3.8) is 0 Å². The summed E-state index contributed by atoms with van der Waals surface area (Å²) < 4.78 is 16.4. The Hall–Kier alpha value is -2.71. The molecule has 0 saturated heterocycles. The van der Waals surface area contributed by atoms with E-state index in [2.05, 4.69) is 26.5 Å². The van der Waals surface area contributed by atoms with Gasteiger partial charge in [-0.2, -0.15) is 5.10 Å². The molecule has 2 N–H and O–H groups in total. The fraction of sp³-hybridized carbons (Fsp3) is 0.158. The zero-order valence-electron chi connectivity index (χ0n) is 15.0. The van der Waals surface area contributed by atoms with Crippen LogP contribution in [0.5, 0.6) is 17.2 Å². The highest BCUT2D eigenvalue weighted by atomic mass is 79.9. The number of hydrogen-bond acceptors (Lipinski definition) is 6. The van der Waals surface area contributed by atoms with Crippen molar-refractivity contribution in [3.8, 4) is 17.2 Å². The lowest BCUT2D eigenvalue weighted by atomic mass is 10.2. The van der Waals surface area contributed by atoms with E-state index in [1.165, 1.54) is 19.4 Å². The van der Waals surface area contributed by atoms with Crippen LogP contribution in [0.1, 0.15) is 23.0 Å². The van der Waals surface area contributed by atoms with Crippen LogP contribution in [0.2, 0.25) is 5.02 Å². The van der Waals surface area contributed by atoms with Crippen molar-refractivity contribution < 1.29 is 23.8 Å². The first-order valence-electron chi connectivity index (χ1n) is 8.19. The molecule has 7 nitrogen and oxygen atoms in total. The molecule has 0 bridgehead atoms. The Morgan fingerprint density at radius 1 is 1.39 bits per heavy atom. The number of hydrogen-bond donors (Lipinski definition) is 2. The number of furan rings is 1. The van der Waals surface area contributed by atoms with Gasteiger partial charge < -0.3 is 19.0 Å². The third-order valence-electron chi connectivity index (χ3n) is 3.79. The summed E-state index contributed by atoms with van der Waals surface area (Å²) in [6, 6.07) is 8.44. The number of benzene rings is 2. The average molecular weight is 468 g/mol. The van der Waals surface area contributed by atoms with E-state index in [0.717, 1.165) is 5.39 Å². The molecule has 0 aliphatic carbocycles. The van der Waals surface area contributed by atoms with E-state index in [1.54, 1.807) is 24.3 Å². The molecule has 0 aliphatic rings. The van der Waals surface area contributed by atoms with Crippen molar-refractivity contribution >= 4 is 50.6 Å². The van der Waals surface area contributed by atoms with Gasteiger partial charge in [0.25, 0.3) is 0 Å². The Morgan fingerprint density at radius 2 is 2.18 bits per heavy atom. The first kappa shape index (κ1) is 20.0. The van der Waals surface area contributed by atoms with Gasteiger partial charge in [-0.15, -0.1) is 0 Å². The summed E-state index contributed by atoms with van der Waals surface area (Å²) in [7, 11) is 1.40. The summed E-state index contributed by atoms with van der Waals surface area (Å²) in [6.07, 6.45) is 1.37. The first-order valence-corrected chi connectivity index (χ1v) is 9.36. The Bertz CT molecular complexity index is 1060. The topological polar surface area (TPSA) is 93.3 Å². The molecule has 3 rings (SSSR count). The van der Waals surface area contributed by atoms with Crippen molar-refractivity contribution in [1.29, 1.82) is 0 Å². The van der Waals surface area contributed by atoms with Crippen molar-refractivity contribution in [2.45, 2.75) is 6.92 Å². The van der Waals surface area contributed by atoms with Gasteiger partial charge in [-0.3, -0.25) is 4.79 Å². The molecule has 0 radical (unpaired) electrons. The van der Waals surface area contributed by atoms with Crippen LogP contribution < -0.4 is 14.9 Å². The zero-order valence-corrected chi connectivity index (χ0v) is 17.3. The van der Waals surface area contributed by atoms with Gasteiger partial charge in [0, 0.05) is 15.4 Å². The molecular weight excluding hydrogens is 452 g/mol. The fourth-order valence-corrected chi connectivity index (χ4v) is 3.07.